The van der Waals surface area contributed by atoms with Crippen LogP contribution < -0.4 is 5.32 Å². The van der Waals surface area contributed by atoms with Crippen molar-refractivity contribution in [2.24, 2.45) is 12.0 Å². The number of rotatable bonds is 10. The summed E-state index contributed by atoms with van der Waals surface area (Å²) in [6, 6.07) is 0. The fraction of sp³-hybridized carbons (Fsp3) is 0.667. The van der Waals surface area contributed by atoms with Crippen LogP contribution in [0.2, 0.25) is 0 Å². The van der Waals surface area contributed by atoms with Crippen molar-refractivity contribution < 1.29 is 9.47 Å². The topological polar surface area (TPSA) is 89.7 Å². The van der Waals surface area contributed by atoms with Gasteiger partial charge in [0.25, 0.3) is 0 Å². The molecule has 164 valence electrons. The third-order valence-corrected chi connectivity index (χ3v) is 5.45. The molecule has 2 rings (SSSR count). The van der Waals surface area contributed by atoms with Gasteiger partial charge in [-0.1, -0.05) is 0 Å². The minimum Gasteiger partial charge on any atom is -0.385 e. The Balaban J connectivity index is 0.00000420. The Kier molecular flexibility index (Phi) is 11.6. The molecule has 0 fully saturated rings. The molecule has 2 heterocycles. The third kappa shape index (κ3) is 7.79. The summed E-state index contributed by atoms with van der Waals surface area (Å²) in [6.45, 7) is 6.52. The number of thiazole rings is 1. The van der Waals surface area contributed by atoms with Crippen molar-refractivity contribution in [1.82, 2.24) is 30.0 Å². The number of ether oxygens (including phenoxy) is 2. The highest BCUT2D eigenvalue weighted by Crippen LogP contribution is 2.20. The quantitative estimate of drug-likeness (QED) is 0.216. The molecular weight excluding hydrogens is 505 g/mol. The fourth-order valence-electron chi connectivity index (χ4n) is 2.46. The molecule has 0 spiro atoms. The molecule has 0 aliphatic carbocycles. The Morgan fingerprint density at radius 1 is 1.38 bits per heavy atom. The van der Waals surface area contributed by atoms with Crippen LogP contribution >= 0.6 is 35.3 Å². The maximum absolute atomic E-state index is 5.35. The van der Waals surface area contributed by atoms with Gasteiger partial charge in [-0.25, -0.2) is 9.98 Å². The SMILES string of the molecule is COCCCNC(=NCc1nnc(C)n1C)N(C)Cc1csc(C(C)OC)n1.I. The van der Waals surface area contributed by atoms with E-state index in [1.165, 1.54) is 0 Å². The maximum Gasteiger partial charge on any atom is 0.194 e. The summed E-state index contributed by atoms with van der Waals surface area (Å²) in [7, 11) is 7.35. The Bertz CT molecular complexity index is 765. The number of guanidine groups is 1. The van der Waals surface area contributed by atoms with Gasteiger partial charge >= 0.3 is 0 Å². The lowest BCUT2D eigenvalue weighted by molar-refractivity contribution is 0.119. The number of aliphatic imine (C=N–C) groups is 1. The second kappa shape index (κ2) is 13.1. The number of hydrogen-bond acceptors (Lipinski definition) is 7. The average molecular weight is 537 g/mol. The van der Waals surface area contributed by atoms with Crippen LogP contribution in [-0.4, -0.2) is 65.0 Å². The molecule has 1 unspecified atom stereocenters. The Morgan fingerprint density at radius 3 is 2.76 bits per heavy atom. The van der Waals surface area contributed by atoms with Crippen LogP contribution in [0.25, 0.3) is 0 Å². The van der Waals surface area contributed by atoms with Crippen LogP contribution in [0, 0.1) is 6.92 Å². The van der Waals surface area contributed by atoms with E-state index in [-0.39, 0.29) is 30.1 Å². The second-order valence-electron chi connectivity index (χ2n) is 6.55. The number of aromatic nitrogens is 4. The van der Waals surface area contributed by atoms with E-state index in [0.717, 1.165) is 41.3 Å². The van der Waals surface area contributed by atoms with E-state index in [1.807, 2.05) is 32.5 Å². The van der Waals surface area contributed by atoms with Crippen molar-refractivity contribution in [3.8, 4) is 0 Å². The number of nitrogens with zero attached hydrogens (tertiary/aromatic N) is 6. The van der Waals surface area contributed by atoms with Gasteiger partial charge in [0, 0.05) is 46.8 Å². The van der Waals surface area contributed by atoms with E-state index < -0.39 is 0 Å². The van der Waals surface area contributed by atoms with E-state index in [1.54, 1.807) is 25.6 Å². The minimum atomic E-state index is 0. The Hall–Kier alpha value is -1.31. The fourth-order valence-corrected chi connectivity index (χ4v) is 3.31. The molecular formula is C18H32IN7O2S. The summed E-state index contributed by atoms with van der Waals surface area (Å²) in [5.74, 6) is 2.49. The van der Waals surface area contributed by atoms with E-state index in [2.05, 4.69) is 30.8 Å². The van der Waals surface area contributed by atoms with Crippen LogP contribution in [0.4, 0.5) is 0 Å². The molecule has 11 heteroatoms. The molecule has 0 amide bonds. The first-order valence-electron chi connectivity index (χ1n) is 9.26. The second-order valence-corrected chi connectivity index (χ2v) is 7.44. The molecule has 29 heavy (non-hydrogen) atoms. The van der Waals surface area contributed by atoms with Gasteiger partial charge in [0.15, 0.2) is 11.8 Å². The summed E-state index contributed by atoms with van der Waals surface area (Å²) in [5.41, 5.74) is 0.993. The predicted molar refractivity (Wildman–Crippen MR) is 126 cm³/mol. The average Bonchev–Trinajstić information content (AvgIpc) is 3.28. The normalized spacial score (nSPS) is 12.6. The molecule has 0 aliphatic heterocycles. The van der Waals surface area contributed by atoms with Gasteiger partial charge in [0.1, 0.15) is 23.5 Å². The largest absolute Gasteiger partial charge is 0.385 e. The van der Waals surface area contributed by atoms with Crippen LogP contribution in [0.15, 0.2) is 10.4 Å². The molecule has 9 nitrogen and oxygen atoms in total. The van der Waals surface area contributed by atoms with Crippen LogP contribution in [-0.2, 0) is 29.6 Å². The minimum absolute atomic E-state index is 0. The number of halogens is 1. The summed E-state index contributed by atoms with van der Waals surface area (Å²) in [4.78, 5) is 11.5. The molecule has 2 aromatic rings. The van der Waals surface area contributed by atoms with Crippen molar-refractivity contribution in [2.45, 2.75) is 39.5 Å². The first-order valence-corrected chi connectivity index (χ1v) is 10.1. The zero-order valence-electron chi connectivity index (χ0n) is 18.0. The Morgan fingerprint density at radius 2 is 2.14 bits per heavy atom. The lowest BCUT2D eigenvalue weighted by Gasteiger charge is -2.21. The van der Waals surface area contributed by atoms with Crippen molar-refractivity contribution in [3.63, 3.8) is 0 Å². The van der Waals surface area contributed by atoms with Gasteiger partial charge in [0.2, 0.25) is 0 Å². The zero-order chi connectivity index (χ0) is 20.5. The molecule has 1 N–H and O–H groups in total. The standard InChI is InChI=1S/C18H31N7O2S.HI/c1-13(27-6)17-21-15(12-28-17)11-24(3)18(19-8-7-9-26-5)20-10-16-23-22-14(2)25(16)4;/h12-13H,7-11H2,1-6H3,(H,19,20);1H. The number of methoxy groups -OCH3 is 2. The van der Waals surface area contributed by atoms with Crippen molar-refractivity contribution in [2.75, 3.05) is 34.4 Å². The van der Waals surface area contributed by atoms with E-state index in [4.69, 9.17) is 14.5 Å². The van der Waals surface area contributed by atoms with Gasteiger partial charge in [0.05, 0.1) is 12.2 Å². The molecule has 2 aromatic heterocycles. The summed E-state index contributed by atoms with van der Waals surface area (Å²) in [6.07, 6.45) is 0.905. The summed E-state index contributed by atoms with van der Waals surface area (Å²) in [5, 5.41) is 14.7. The highest BCUT2D eigenvalue weighted by molar-refractivity contribution is 14.0. The number of nitrogens with one attached hydrogen (secondary N) is 1. The first-order chi connectivity index (χ1) is 13.5. The highest BCUT2D eigenvalue weighted by atomic mass is 127. The first kappa shape index (κ1) is 25.7. The molecule has 0 radical (unpaired) electrons. The lowest BCUT2D eigenvalue weighted by Crippen LogP contribution is -2.39. The summed E-state index contributed by atoms with van der Waals surface area (Å²) < 4.78 is 12.4. The molecule has 0 saturated heterocycles. The van der Waals surface area contributed by atoms with Crippen LogP contribution in [0.5, 0.6) is 0 Å². The molecule has 0 aromatic carbocycles. The van der Waals surface area contributed by atoms with E-state index in [9.17, 15) is 0 Å². The van der Waals surface area contributed by atoms with Crippen LogP contribution in [0.1, 0.15) is 41.8 Å². The highest BCUT2D eigenvalue weighted by Gasteiger charge is 2.13. The van der Waals surface area contributed by atoms with Crippen molar-refractivity contribution in [1.29, 1.82) is 0 Å². The number of hydrogen-bond donors (Lipinski definition) is 1. The summed E-state index contributed by atoms with van der Waals surface area (Å²) >= 11 is 1.61. The smallest absolute Gasteiger partial charge is 0.194 e. The molecule has 1 atom stereocenters. The monoisotopic (exact) mass is 537 g/mol. The van der Waals surface area contributed by atoms with E-state index >= 15 is 0 Å². The van der Waals surface area contributed by atoms with Gasteiger partial charge in [-0.05, 0) is 20.3 Å². The van der Waals surface area contributed by atoms with Crippen molar-refractivity contribution in [3.05, 3.63) is 27.7 Å². The van der Waals surface area contributed by atoms with Gasteiger partial charge in [-0.2, -0.15) is 0 Å². The van der Waals surface area contributed by atoms with Crippen molar-refractivity contribution >= 4 is 41.3 Å². The zero-order valence-corrected chi connectivity index (χ0v) is 21.2. The lowest BCUT2D eigenvalue weighted by atomic mass is 10.4. The number of aryl methyl sites for hydroxylation is 1. The van der Waals surface area contributed by atoms with Gasteiger partial charge < -0.3 is 24.3 Å². The third-order valence-electron chi connectivity index (χ3n) is 4.39. The molecule has 0 saturated carbocycles. The maximum atomic E-state index is 5.35. The van der Waals surface area contributed by atoms with Gasteiger partial charge in [-0.15, -0.1) is 45.5 Å². The molecule has 0 aliphatic rings. The predicted octanol–water partition coefficient (Wildman–Crippen LogP) is 2.52. The van der Waals surface area contributed by atoms with Crippen LogP contribution in [0.3, 0.4) is 0 Å². The molecule has 0 bridgehead atoms. The van der Waals surface area contributed by atoms with E-state index in [0.29, 0.717) is 19.7 Å². The van der Waals surface area contributed by atoms with Gasteiger partial charge in [-0.3, -0.25) is 0 Å². The Labute approximate surface area is 193 Å².